The van der Waals surface area contributed by atoms with Crippen molar-refractivity contribution in [3.63, 3.8) is 0 Å². The van der Waals surface area contributed by atoms with Crippen LogP contribution in [0, 0.1) is 6.92 Å². The number of nitrogens with one attached hydrogen (secondary N) is 1. The van der Waals surface area contributed by atoms with Crippen LogP contribution in [0.5, 0.6) is 11.5 Å². The van der Waals surface area contributed by atoms with Crippen LogP contribution >= 0.6 is 0 Å². The number of phenols is 2. The molecule has 3 nitrogen and oxygen atoms in total. The van der Waals surface area contributed by atoms with Gasteiger partial charge in [-0.1, -0.05) is 6.07 Å². The Hall–Kier alpha value is -2.16. The molecule has 0 saturated carbocycles. The number of hydrogen-bond donors (Lipinski definition) is 3. The Labute approximate surface area is 118 Å². The molecule has 20 heavy (non-hydrogen) atoms. The zero-order valence-electron chi connectivity index (χ0n) is 11.6. The van der Waals surface area contributed by atoms with Gasteiger partial charge >= 0.3 is 0 Å². The minimum atomic E-state index is 0.267. The van der Waals surface area contributed by atoms with Crippen LogP contribution in [-0.2, 0) is 6.42 Å². The fourth-order valence-corrected chi connectivity index (χ4v) is 2.90. The molecule has 1 atom stereocenters. The maximum absolute atomic E-state index is 9.58. The summed E-state index contributed by atoms with van der Waals surface area (Å²) in [6.07, 6.45) is 3.22. The van der Waals surface area contributed by atoms with Gasteiger partial charge in [0.1, 0.15) is 11.5 Å². The van der Waals surface area contributed by atoms with Gasteiger partial charge in [-0.3, -0.25) is 0 Å². The number of hydrogen-bond acceptors (Lipinski definition) is 3. The standard InChI is InChI=1S/C17H19NO2/c1-11-9-13(5-8-17(11)20)18-16-4-2-3-12-10-14(19)6-7-15(12)16/h5-10,16,18-20H,2-4H2,1H3. The van der Waals surface area contributed by atoms with Crippen LogP contribution in [-0.4, -0.2) is 10.2 Å². The predicted octanol–water partition coefficient (Wildman–Crippen LogP) is 3.90. The van der Waals surface area contributed by atoms with E-state index in [1.54, 1.807) is 12.1 Å². The number of benzene rings is 2. The third kappa shape index (κ3) is 2.44. The smallest absolute Gasteiger partial charge is 0.118 e. The average Bonchev–Trinajstić information content (AvgIpc) is 2.43. The number of rotatable bonds is 2. The number of fused-ring (bicyclic) bond motifs is 1. The third-order valence-corrected chi connectivity index (χ3v) is 3.98. The summed E-state index contributed by atoms with van der Waals surface area (Å²) in [5, 5.41) is 22.7. The first kappa shape index (κ1) is 12.9. The van der Waals surface area contributed by atoms with Gasteiger partial charge in [0.2, 0.25) is 0 Å². The molecule has 1 aliphatic rings. The second-order valence-electron chi connectivity index (χ2n) is 5.47. The maximum atomic E-state index is 9.58. The van der Waals surface area contributed by atoms with Crippen LogP contribution in [0.15, 0.2) is 36.4 Å². The summed E-state index contributed by atoms with van der Waals surface area (Å²) in [6.45, 7) is 1.90. The molecule has 0 aliphatic heterocycles. The van der Waals surface area contributed by atoms with E-state index in [4.69, 9.17) is 0 Å². The molecule has 1 unspecified atom stereocenters. The Balaban J connectivity index is 1.87. The van der Waals surface area contributed by atoms with Crippen molar-refractivity contribution < 1.29 is 10.2 Å². The van der Waals surface area contributed by atoms with E-state index in [-0.39, 0.29) is 6.04 Å². The van der Waals surface area contributed by atoms with Crippen molar-refractivity contribution in [1.82, 2.24) is 0 Å². The normalized spacial score (nSPS) is 17.6. The van der Waals surface area contributed by atoms with E-state index >= 15 is 0 Å². The largest absolute Gasteiger partial charge is 0.508 e. The molecule has 0 spiro atoms. The van der Waals surface area contributed by atoms with E-state index in [0.29, 0.717) is 11.5 Å². The summed E-state index contributed by atoms with van der Waals surface area (Å²) in [5.74, 6) is 0.661. The molecule has 3 N–H and O–H groups in total. The Morgan fingerprint density at radius 3 is 2.75 bits per heavy atom. The zero-order chi connectivity index (χ0) is 14.1. The SMILES string of the molecule is Cc1cc(NC2CCCc3cc(O)ccc32)ccc1O. The van der Waals surface area contributed by atoms with Crippen molar-refractivity contribution >= 4 is 5.69 Å². The van der Waals surface area contributed by atoms with Gasteiger partial charge in [-0.2, -0.15) is 0 Å². The highest BCUT2D eigenvalue weighted by Gasteiger charge is 2.20. The van der Waals surface area contributed by atoms with E-state index in [1.807, 2.05) is 31.2 Å². The van der Waals surface area contributed by atoms with Crippen molar-refractivity contribution in [2.45, 2.75) is 32.2 Å². The predicted molar refractivity (Wildman–Crippen MR) is 80.3 cm³/mol. The molecule has 3 rings (SSSR count). The van der Waals surface area contributed by atoms with E-state index in [1.165, 1.54) is 11.1 Å². The van der Waals surface area contributed by atoms with E-state index in [0.717, 1.165) is 30.5 Å². The highest BCUT2D eigenvalue weighted by molar-refractivity contribution is 5.53. The third-order valence-electron chi connectivity index (χ3n) is 3.98. The van der Waals surface area contributed by atoms with Gasteiger partial charge in [0, 0.05) is 5.69 Å². The summed E-state index contributed by atoms with van der Waals surface area (Å²) < 4.78 is 0. The second-order valence-corrected chi connectivity index (χ2v) is 5.47. The molecule has 1 aliphatic carbocycles. The summed E-state index contributed by atoms with van der Waals surface area (Å²) in [4.78, 5) is 0. The minimum Gasteiger partial charge on any atom is -0.508 e. The lowest BCUT2D eigenvalue weighted by Gasteiger charge is -2.27. The summed E-state index contributed by atoms with van der Waals surface area (Å²) in [7, 11) is 0. The molecule has 2 aromatic carbocycles. The van der Waals surface area contributed by atoms with Crippen LogP contribution < -0.4 is 5.32 Å². The Morgan fingerprint density at radius 1 is 1.10 bits per heavy atom. The second kappa shape index (κ2) is 5.08. The molecule has 0 radical (unpaired) electrons. The van der Waals surface area contributed by atoms with Crippen molar-refractivity contribution in [2.75, 3.05) is 5.32 Å². The molecule has 0 aromatic heterocycles. The van der Waals surface area contributed by atoms with Gasteiger partial charge < -0.3 is 15.5 Å². The fourth-order valence-electron chi connectivity index (χ4n) is 2.90. The lowest BCUT2D eigenvalue weighted by molar-refractivity contribution is 0.470. The lowest BCUT2D eigenvalue weighted by Crippen LogP contribution is -2.17. The van der Waals surface area contributed by atoms with Gasteiger partial charge in [-0.25, -0.2) is 0 Å². The van der Waals surface area contributed by atoms with E-state index in [9.17, 15) is 10.2 Å². The molecular weight excluding hydrogens is 250 g/mol. The number of anilines is 1. The van der Waals surface area contributed by atoms with Gasteiger partial charge in [0.05, 0.1) is 6.04 Å². The minimum absolute atomic E-state index is 0.267. The summed E-state index contributed by atoms with van der Waals surface area (Å²) >= 11 is 0. The maximum Gasteiger partial charge on any atom is 0.118 e. The fraction of sp³-hybridized carbons (Fsp3) is 0.294. The van der Waals surface area contributed by atoms with Crippen molar-refractivity contribution in [3.8, 4) is 11.5 Å². The van der Waals surface area contributed by atoms with Crippen LogP contribution in [0.25, 0.3) is 0 Å². The first-order valence-electron chi connectivity index (χ1n) is 7.01. The summed E-state index contributed by atoms with van der Waals surface area (Å²) in [6, 6.07) is 11.5. The van der Waals surface area contributed by atoms with Crippen LogP contribution in [0.1, 0.15) is 35.6 Å². The Bertz CT molecular complexity index is 637. The van der Waals surface area contributed by atoms with Crippen LogP contribution in [0.4, 0.5) is 5.69 Å². The highest BCUT2D eigenvalue weighted by Crippen LogP contribution is 2.34. The van der Waals surface area contributed by atoms with Gasteiger partial charge in [0.25, 0.3) is 0 Å². The molecule has 0 fully saturated rings. The van der Waals surface area contributed by atoms with E-state index < -0.39 is 0 Å². The molecule has 0 amide bonds. The van der Waals surface area contributed by atoms with Gasteiger partial charge in [0.15, 0.2) is 0 Å². The quantitative estimate of drug-likeness (QED) is 0.725. The van der Waals surface area contributed by atoms with Crippen molar-refractivity contribution in [3.05, 3.63) is 53.1 Å². The van der Waals surface area contributed by atoms with Crippen LogP contribution in [0.2, 0.25) is 0 Å². The average molecular weight is 269 g/mol. The number of aromatic hydroxyl groups is 2. The molecule has 3 heteroatoms. The Kier molecular flexibility index (Phi) is 3.26. The topological polar surface area (TPSA) is 52.5 Å². The van der Waals surface area contributed by atoms with Crippen molar-refractivity contribution in [1.29, 1.82) is 0 Å². The van der Waals surface area contributed by atoms with E-state index in [2.05, 4.69) is 5.32 Å². The van der Waals surface area contributed by atoms with Crippen molar-refractivity contribution in [2.24, 2.45) is 0 Å². The van der Waals surface area contributed by atoms with Crippen LogP contribution in [0.3, 0.4) is 0 Å². The molecule has 0 bridgehead atoms. The molecular formula is C17H19NO2. The molecule has 0 saturated heterocycles. The molecule has 2 aromatic rings. The number of aryl methyl sites for hydroxylation is 2. The van der Waals surface area contributed by atoms with Gasteiger partial charge in [-0.15, -0.1) is 0 Å². The number of phenolic OH excluding ortho intramolecular Hbond substituents is 2. The lowest BCUT2D eigenvalue weighted by atomic mass is 9.87. The Morgan fingerprint density at radius 2 is 1.95 bits per heavy atom. The summed E-state index contributed by atoms with van der Waals surface area (Å²) in [5.41, 5.74) is 4.38. The zero-order valence-corrected chi connectivity index (χ0v) is 11.6. The first-order chi connectivity index (χ1) is 9.63. The first-order valence-corrected chi connectivity index (χ1v) is 7.01. The molecule has 104 valence electrons. The van der Waals surface area contributed by atoms with Gasteiger partial charge in [-0.05, 0) is 73.2 Å². The molecule has 0 heterocycles. The highest BCUT2D eigenvalue weighted by atomic mass is 16.3. The monoisotopic (exact) mass is 269 g/mol.